The summed E-state index contributed by atoms with van der Waals surface area (Å²) in [6, 6.07) is 6.76. The second kappa shape index (κ2) is 8.17. The molecule has 0 spiro atoms. The second-order valence-corrected chi connectivity index (χ2v) is 5.06. The molecule has 0 aromatic heterocycles. The fourth-order valence-corrected chi connectivity index (χ4v) is 1.52. The quantitative estimate of drug-likeness (QED) is 0.764. The highest BCUT2D eigenvalue weighted by Gasteiger charge is 2.04. The van der Waals surface area contributed by atoms with Crippen LogP contribution in [0.5, 0.6) is 5.75 Å². The first kappa shape index (κ1) is 16.9. The Morgan fingerprint density at radius 3 is 2.67 bits per heavy atom. The molecule has 0 aliphatic heterocycles. The van der Waals surface area contributed by atoms with Crippen molar-refractivity contribution in [1.29, 1.82) is 0 Å². The summed E-state index contributed by atoms with van der Waals surface area (Å²) in [6.07, 6.45) is 3.18. The molecule has 0 aliphatic carbocycles. The Hall–Kier alpha value is -2.20. The SMILES string of the molecule is C=C(Cl)/C=C\C(=C)NC(=O)Nc1cccc(OC(C)C)c1. The Bertz CT molecular complexity index is 565. The number of hydrogen-bond acceptors (Lipinski definition) is 2. The molecule has 0 aliphatic rings. The van der Waals surface area contributed by atoms with E-state index in [0.717, 1.165) is 0 Å². The molecule has 112 valence electrons. The Morgan fingerprint density at radius 2 is 2.05 bits per heavy atom. The molecule has 0 radical (unpaired) electrons. The lowest BCUT2D eigenvalue weighted by molar-refractivity contribution is 0.242. The summed E-state index contributed by atoms with van der Waals surface area (Å²) in [5.74, 6) is 0.694. The zero-order valence-corrected chi connectivity index (χ0v) is 12.9. The van der Waals surface area contributed by atoms with Gasteiger partial charge >= 0.3 is 6.03 Å². The number of rotatable bonds is 6. The molecule has 0 heterocycles. The number of benzene rings is 1. The number of anilines is 1. The number of halogens is 1. The number of allylic oxidation sites excluding steroid dienone is 3. The highest BCUT2D eigenvalue weighted by molar-refractivity contribution is 6.30. The van der Waals surface area contributed by atoms with Gasteiger partial charge in [-0.3, -0.25) is 0 Å². The van der Waals surface area contributed by atoms with Crippen molar-refractivity contribution in [3.63, 3.8) is 0 Å². The van der Waals surface area contributed by atoms with Crippen molar-refractivity contribution in [2.75, 3.05) is 5.32 Å². The van der Waals surface area contributed by atoms with Crippen LogP contribution in [0, 0.1) is 0 Å². The van der Waals surface area contributed by atoms with Gasteiger partial charge in [-0.05, 0) is 38.1 Å². The zero-order valence-electron chi connectivity index (χ0n) is 12.2. The molecule has 0 fully saturated rings. The van der Waals surface area contributed by atoms with Gasteiger partial charge in [0.25, 0.3) is 0 Å². The summed E-state index contributed by atoms with van der Waals surface area (Å²) in [6.45, 7) is 11.1. The summed E-state index contributed by atoms with van der Waals surface area (Å²) in [4.78, 5) is 11.8. The summed E-state index contributed by atoms with van der Waals surface area (Å²) in [5.41, 5.74) is 1.04. The van der Waals surface area contributed by atoms with Crippen molar-refractivity contribution in [2.45, 2.75) is 20.0 Å². The molecule has 0 atom stereocenters. The molecule has 1 rings (SSSR count). The van der Waals surface area contributed by atoms with E-state index in [1.54, 1.807) is 30.4 Å². The monoisotopic (exact) mass is 306 g/mol. The van der Waals surface area contributed by atoms with Gasteiger partial charge in [0.2, 0.25) is 0 Å². The van der Waals surface area contributed by atoms with Crippen LogP contribution < -0.4 is 15.4 Å². The molecule has 0 saturated carbocycles. The smallest absolute Gasteiger partial charge is 0.323 e. The normalized spacial score (nSPS) is 10.5. The Labute approximate surface area is 130 Å². The molecular formula is C16H19ClN2O2. The van der Waals surface area contributed by atoms with Gasteiger partial charge in [0.15, 0.2) is 0 Å². The molecule has 0 unspecified atom stereocenters. The largest absolute Gasteiger partial charge is 0.491 e. The third-order valence-corrected chi connectivity index (χ3v) is 2.33. The van der Waals surface area contributed by atoms with Gasteiger partial charge in [-0.1, -0.05) is 30.8 Å². The van der Waals surface area contributed by atoms with Crippen LogP contribution >= 0.6 is 11.6 Å². The van der Waals surface area contributed by atoms with E-state index in [4.69, 9.17) is 16.3 Å². The maximum atomic E-state index is 11.8. The van der Waals surface area contributed by atoms with Crippen molar-refractivity contribution < 1.29 is 9.53 Å². The Balaban J connectivity index is 2.58. The third kappa shape index (κ3) is 7.22. The first-order valence-corrected chi connectivity index (χ1v) is 6.80. The van der Waals surface area contributed by atoms with Gasteiger partial charge in [-0.25, -0.2) is 4.79 Å². The zero-order chi connectivity index (χ0) is 15.8. The molecule has 5 heteroatoms. The van der Waals surface area contributed by atoms with Gasteiger partial charge < -0.3 is 15.4 Å². The van der Waals surface area contributed by atoms with E-state index < -0.39 is 6.03 Å². The molecule has 0 bridgehead atoms. The van der Waals surface area contributed by atoms with Crippen LogP contribution in [-0.2, 0) is 0 Å². The number of nitrogens with one attached hydrogen (secondary N) is 2. The fraction of sp³-hybridized carbons (Fsp3) is 0.188. The lowest BCUT2D eigenvalue weighted by Gasteiger charge is -2.12. The number of ether oxygens (including phenoxy) is 1. The van der Waals surface area contributed by atoms with E-state index in [1.165, 1.54) is 0 Å². The molecule has 1 aromatic carbocycles. The number of hydrogen-bond donors (Lipinski definition) is 2. The van der Waals surface area contributed by atoms with Crippen molar-refractivity contribution in [1.82, 2.24) is 5.32 Å². The molecular weight excluding hydrogens is 288 g/mol. The molecule has 2 amide bonds. The Kier molecular flexibility index (Phi) is 6.56. The maximum absolute atomic E-state index is 11.8. The maximum Gasteiger partial charge on any atom is 0.323 e. The first-order valence-electron chi connectivity index (χ1n) is 6.43. The minimum absolute atomic E-state index is 0.0719. The van der Waals surface area contributed by atoms with Crippen LogP contribution in [-0.4, -0.2) is 12.1 Å². The van der Waals surface area contributed by atoms with Gasteiger partial charge in [-0.2, -0.15) is 0 Å². The van der Waals surface area contributed by atoms with Crippen LogP contribution in [0.3, 0.4) is 0 Å². The van der Waals surface area contributed by atoms with Gasteiger partial charge in [-0.15, -0.1) is 0 Å². The van der Waals surface area contributed by atoms with Crippen molar-refractivity contribution in [3.05, 3.63) is 60.3 Å². The average Bonchev–Trinajstić information content (AvgIpc) is 2.35. The van der Waals surface area contributed by atoms with E-state index in [1.807, 2.05) is 19.9 Å². The van der Waals surface area contributed by atoms with Gasteiger partial charge in [0, 0.05) is 22.5 Å². The average molecular weight is 307 g/mol. The Morgan fingerprint density at radius 1 is 1.33 bits per heavy atom. The summed E-state index contributed by atoms with van der Waals surface area (Å²) < 4.78 is 5.56. The van der Waals surface area contributed by atoms with E-state index >= 15 is 0 Å². The fourth-order valence-electron chi connectivity index (χ4n) is 1.46. The van der Waals surface area contributed by atoms with E-state index in [-0.39, 0.29) is 6.10 Å². The summed E-state index contributed by atoms with van der Waals surface area (Å²) in [5, 5.41) is 5.62. The van der Waals surface area contributed by atoms with Crippen molar-refractivity contribution >= 4 is 23.3 Å². The van der Waals surface area contributed by atoms with Crippen LogP contribution in [0.1, 0.15) is 13.8 Å². The second-order valence-electron chi connectivity index (χ2n) is 4.58. The lowest BCUT2D eigenvalue weighted by Crippen LogP contribution is -2.27. The molecule has 0 saturated heterocycles. The number of urea groups is 1. The highest BCUT2D eigenvalue weighted by atomic mass is 35.5. The van der Waals surface area contributed by atoms with Crippen LogP contribution in [0.25, 0.3) is 0 Å². The number of carbonyl (C=O) groups excluding carboxylic acids is 1. The predicted octanol–water partition coefficient (Wildman–Crippen LogP) is 4.42. The molecule has 4 nitrogen and oxygen atoms in total. The van der Waals surface area contributed by atoms with Crippen molar-refractivity contribution in [3.8, 4) is 5.75 Å². The van der Waals surface area contributed by atoms with Gasteiger partial charge in [0.05, 0.1) is 6.10 Å². The van der Waals surface area contributed by atoms with E-state index in [0.29, 0.717) is 22.2 Å². The highest BCUT2D eigenvalue weighted by Crippen LogP contribution is 2.18. The molecule has 21 heavy (non-hydrogen) atoms. The lowest BCUT2D eigenvalue weighted by atomic mass is 10.3. The number of amides is 2. The molecule has 2 N–H and O–H groups in total. The van der Waals surface area contributed by atoms with Crippen LogP contribution in [0.4, 0.5) is 10.5 Å². The van der Waals surface area contributed by atoms with Crippen LogP contribution in [0.2, 0.25) is 0 Å². The summed E-state index contributed by atoms with van der Waals surface area (Å²) in [7, 11) is 0. The first-order chi connectivity index (χ1) is 9.86. The van der Waals surface area contributed by atoms with Crippen molar-refractivity contribution in [2.24, 2.45) is 0 Å². The third-order valence-electron chi connectivity index (χ3n) is 2.20. The van der Waals surface area contributed by atoms with E-state index in [2.05, 4.69) is 23.8 Å². The topological polar surface area (TPSA) is 50.4 Å². The van der Waals surface area contributed by atoms with E-state index in [9.17, 15) is 4.79 Å². The minimum atomic E-state index is -0.397. The van der Waals surface area contributed by atoms with Crippen LogP contribution in [0.15, 0.2) is 60.3 Å². The minimum Gasteiger partial charge on any atom is -0.491 e. The summed E-state index contributed by atoms with van der Waals surface area (Å²) >= 11 is 5.58. The van der Waals surface area contributed by atoms with Gasteiger partial charge in [0.1, 0.15) is 5.75 Å². The predicted molar refractivity (Wildman–Crippen MR) is 87.6 cm³/mol. The number of carbonyl (C=O) groups is 1. The standard InChI is InChI=1S/C16H19ClN2O2/c1-11(2)21-15-7-5-6-14(10-15)19-16(20)18-13(4)9-8-12(3)17/h5-11H,3-4H2,1-2H3,(H2,18,19,20)/b9-8-. The molecule has 1 aromatic rings.